The maximum atomic E-state index is 4.37. The van der Waals surface area contributed by atoms with E-state index < -0.39 is 0 Å². The van der Waals surface area contributed by atoms with Crippen LogP contribution in [0.4, 0.5) is 0 Å². The molecule has 1 saturated carbocycles. The molecule has 2 heterocycles. The Morgan fingerprint density at radius 2 is 2.26 bits per heavy atom. The van der Waals surface area contributed by atoms with Crippen LogP contribution < -0.4 is 5.32 Å². The van der Waals surface area contributed by atoms with Crippen molar-refractivity contribution in [3.05, 3.63) is 36.3 Å². The molecule has 0 aliphatic heterocycles. The van der Waals surface area contributed by atoms with Crippen molar-refractivity contribution in [2.24, 2.45) is 0 Å². The highest BCUT2D eigenvalue weighted by atomic mass is 15.3. The van der Waals surface area contributed by atoms with E-state index in [0.29, 0.717) is 0 Å². The SMILES string of the molecule is CCCn1nccc1-c1cncc(CNC2CC2)c1. The van der Waals surface area contributed by atoms with Crippen LogP contribution in [0.2, 0.25) is 0 Å². The second-order valence-corrected chi connectivity index (χ2v) is 5.18. The topological polar surface area (TPSA) is 42.7 Å². The smallest absolute Gasteiger partial charge is 0.0697 e. The van der Waals surface area contributed by atoms with Gasteiger partial charge in [0.25, 0.3) is 0 Å². The molecule has 100 valence electrons. The quantitative estimate of drug-likeness (QED) is 0.864. The van der Waals surface area contributed by atoms with Crippen LogP contribution in [-0.2, 0) is 13.1 Å². The van der Waals surface area contributed by atoms with Crippen molar-refractivity contribution in [3.63, 3.8) is 0 Å². The zero-order valence-corrected chi connectivity index (χ0v) is 11.3. The van der Waals surface area contributed by atoms with Gasteiger partial charge < -0.3 is 5.32 Å². The first-order valence-electron chi connectivity index (χ1n) is 7.06. The number of pyridine rings is 1. The lowest BCUT2D eigenvalue weighted by atomic mass is 10.1. The Bertz CT molecular complexity index is 543. The molecule has 1 N–H and O–H groups in total. The summed E-state index contributed by atoms with van der Waals surface area (Å²) >= 11 is 0. The van der Waals surface area contributed by atoms with E-state index in [0.717, 1.165) is 36.8 Å². The number of rotatable bonds is 6. The lowest BCUT2D eigenvalue weighted by Gasteiger charge is -2.08. The second kappa shape index (κ2) is 5.53. The maximum Gasteiger partial charge on any atom is 0.0697 e. The summed E-state index contributed by atoms with van der Waals surface area (Å²) in [6, 6.07) is 5.00. The van der Waals surface area contributed by atoms with Gasteiger partial charge in [0.2, 0.25) is 0 Å². The summed E-state index contributed by atoms with van der Waals surface area (Å²) in [7, 11) is 0. The van der Waals surface area contributed by atoms with Gasteiger partial charge in [0.1, 0.15) is 0 Å². The summed E-state index contributed by atoms with van der Waals surface area (Å²) in [5.74, 6) is 0. The molecule has 4 heteroatoms. The van der Waals surface area contributed by atoms with Gasteiger partial charge in [-0.15, -0.1) is 0 Å². The van der Waals surface area contributed by atoms with E-state index in [1.54, 1.807) is 0 Å². The normalized spacial score (nSPS) is 14.8. The Morgan fingerprint density at radius 3 is 3.05 bits per heavy atom. The number of aryl methyl sites for hydroxylation is 1. The predicted molar refractivity (Wildman–Crippen MR) is 75.6 cm³/mol. The number of hydrogen-bond acceptors (Lipinski definition) is 3. The van der Waals surface area contributed by atoms with E-state index >= 15 is 0 Å². The lowest BCUT2D eigenvalue weighted by Crippen LogP contribution is -2.15. The molecular weight excluding hydrogens is 236 g/mol. The molecule has 1 fully saturated rings. The zero-order chi connectivity index (χ0) is 13.1. The van der Waals surface area contributed by atoms with Gasteiger partial charge in [-0.05, 0) is 37.0 Å². The molecule has 0 amide bonds. The predicted octanol–water partition coefficient (Wildman–Crippen LogP) is 2.61. The largest absolute Gasteiger partial charge is 0.310 e. The van der Waals surface area contributed by atoms with Crippen molar-refractivity contribution in [3.8, 4) is 11.3 Å². The van der Waals surface area contributed by atoms with Crippen molar-refractivity contribution < 1.29 is 0 Å². The summed E-state index contributed by atoms with van der Waals surface area (Å²) in [5.41, 5.74) is 3.55. The molecule has 1 aliphatic carbocycles. The summed E-state index contributed by atoms with van der Waals surface area (Å²) in [6.45, 7) is 4.03. The first-order valence-corrected chi connectivity index (χ1v) is 7.06. The average Bonchev–Trinajstić information content (AvgIpc) is 3.15. The van der Waals surface area contributed by atoms with Crippen molar-refractivity contribution in [2.45, 2.75) is 45.3 Å². The van der Waals surface area contributed by atoms with E-state index in [1.165, 1.54) is 18.4 Å². The monoisotopic (exact) mass is 256 g/mol. The molecule has 0 aromatic carbocycles. The molecule has 0 bridgehead atoms. The van der Waals surface area contributed by atoms with Crippen molar-refractivity contribution >= 4 is 0 Å². The third kappa shape index (κ3) is 3.01. The highest BCUT2D eigenvalue weighted by Crippen LogP contribution is 2.21. The van der Waals surface area contributed by atoms with Crippen LogP contribution in [0.1, 0.15) is 31.7 Å². The van der Waals surface area contributed by atoms with E-state index in [1.807, 2.05) is 18.6 Å². The minimum Gasteiger partial charge on any atom is -0.310 e. The van der Waals surface area contributed by atoms with Crippen molar-refractivity contribution in [1.29, 1.82) is 0 Å². The molecule has 1 aliphatic rings. The number of hydrogen-bond donors (Lipinski definition) is 1. The van der Waals surface area contributed by atoms with Crippen LogP contribution in [0, 0.1) is 0 Å². The molecule has 19 heavy (non-hydrogen) atoms. The van der Waals surface area contributed by atoms with E-state index in [-0.39, 0.29) is 0 Å². The van der Waals surface area contributed by atoms with Gasteiger partial charge in [0, 0.05) is 43.3 Å². The third-order valence-electron chi connectivity index (χ3n) is 3.41. The standard InChI is InChI=1S/C15H20N4/c1-2-7-19-15(5-6-18-19)13-8-12(9-16-11-13)10-17-14-3-4-14/h5-6,8-9,11,14,17H,2-4,7,10H2,1H3. The Balaban J connectivity index is 1.78. The number of nitrogens with zero attached hydrogens (tertiary/aromatic N) is 3. The Hall–Kier alpha value is -1.68. The minimum absolute atomic E-state index is 0.731. The fraction of sp³-hybridized carbons (Fsp3) is 0.467. The highest BCUT2D eigenvalue weighted by Gasteiger charge is 2.20. The third-order valence-corrected chi connectivity index (χ3v) is 3.41. The summed E-state index contributed by atoms with van der Waals surface area (Å²) < 4.78 is 2.05. The zero-order valence-electron chi connectivity index (χ0n) is 11.3. The molecule has 0 saturated heterocycles. The van der Waals surface area contributed by atoms with Crippen LogP contribution in [0.5, 0.6) is 0 Å². The molecule has 0 atom stereocenters. The van der Waals surface area contributed by atoms with Crippen LogP contribution in [0.25, 0.3) is 11.3 Å². The van der Waals surface area contributed by atoms with Gasteiger partial charge in [0.15, 0.2) is 0 Å². The average molecular weight is 256 g/mol. The number of aromatic nitrogens is 3. The van der Waals surface area contributed by atoms with E-state index in [2.05, 4.69) is 39.1 Å². The summed E-state index contributed by atoms with van der Waals surface area (Å²) in [4.78, 5) is 4.36. The van der Waals surface area contributed by atoms with Gasteiger partial charge in [-0.3, -0.25) is 9.67 Å². The fourth-order valence-electron chi connectivity index (χ4n) is 2.24. The first-order chi connectivity index (χ1) is 9.36. The van der Waals surface area contributed by atoms with Gasteiger partial charge in [-0.25, -0.2) is 0 Å². The first kappa shape index (κ1) is 12.4. The molecule has 3 rings (SSSR count). The molecule has 4 nitrogen and oxygen atoms in total. The van der Waals surface area contributed by atoms with E-state index in [4.69, 9.17) is 0 Å². The Kier molecular flexibility index (Phi) is 3.60. The van der Waals surface area contributed by atoms with E-state index in [9.17, 15) is 0 Å². The van der Waals surface area contributed by atoms with Gasteiger partial charge in [0.05, 0.1) is 5.69 Å². The van der Waals surface area contributed by atoms with Gasteiger partial charge in [-0.1, -0.05) is 6.92 Å². The van der Waals surface area contributed by atoms with Crippen LogP contribution in [0.15, 0.2) is 30.7 Å². The van der Waals surface area contributed by atoms with Crippen molar-refractivity contribution in [1.82, 2.24) is 20.1 Å². The molecule has 0 radical (unpaired) electrons. The summed E-state index contributed by atoms with van der Waals surface area (Å²) in [6.07, 6.45) is 9.45. The highest BCUT2D eigenvalue weighted by molar-refractivity contribution is 5.58. The molecule has 2 aromatic rings. The van der Waals surface area contributed by atoms with Crippen LogP contribution in [-0.4, -0.2) is 20.8 Å². The molecule has 0 spiro atoms. The second-order valence-electron chi connectivity index (χ2n) is 5.18. The fourth-order valence-corrected chi connectivity index (χ4v) is 2.24. The number of nitrogens with one attached hydrogen (secondary N) is 1. The Labute approximate surface area is 113 Å². The summed E-state index contributed by atoms with van der Waals surface area (Å²) in [5, 5.41) is 7.89. The van der Waals surface area contributed by atoms with Crippen LogP contribution >= 0.6 is 0 Å². The molecule has 0 unspecified atom stereocenters. The Morgan fingerprint density at radius 1 is 1.37 bits per heavy atom. The van der Waals surface area contributed by atoms with Gasteiger partial charge >= 0.3 is 0 Å². The lowest BCUT2D eigenvalue weighted by molar-refractivity contribution is 0.608. The molecule has 2 aromatic heterocycles. The maximum absolute atomic E-state index is 4.37. The van der Waals surface area contributed by atoms with Crippen LogP contribution in [0.3, 0.4) is 0 Å². The molecular formula is C15H20N4. The minimum atomic E-state index is 0.731. The van der Waals surface area contributed by atoms with Crippen molar-refractivity contribution in [2.75, 3.05) is 0 Å². The van der Waals surface area contributed by atoms with Gasteiger partial charge in [-0.2, -0.15) is 5.10 Å².